The Bertz CT molecular complexity index is 120. The Morgan fingerprint density at radius 2 is 2.00 bits per heavy atom. The first-order valence-corrected chi connectivity index (χ1v) is 2.91. The van der Waals surface area contributed by atoms with Gasteiger partial charge in [0.15, 0.2) is 0 Å². The number of carbonyl (C=O) groups is 1. The van der Waals surface area contributed by atoms with Gasteiger partial charge in [0, 0.05) is 45.2 Å². The minimum atomic E-state index is 0. The Morgan fingerprint density at radius 1 is 1.56 bits per heavy atom. The van der Waals surface area contributed by atoms with Crippen LogP contribution in [-0.4, -0.2) is 13.0 Å². The normalized spacial score (nSPS) is 19.8. The number of nitrogens with one attached hydrogen (secondary N) is 1. The van der Waals surface area contributed by atoms with Crippen LogP contribution in [0.3, 0.4) is 0 Å². The van der Waals surface area contributed by atoms with Crippen molar-refractivity contribution in [3.8, 4) is 0 Å². The molecular formula is C6H11NOY. The van der Waals surface area contributed by atoms with Crippen LogP contribution >= 0.6 is 0 Å². The van der Waals surface area contributed by atoms with E-state index in [9.17, 15) is 4.79 Å². The van der Waals surface area contributed by atoms with Crippen LogP contribution in [0.5, 0.6) is 0 Å². The molecule has 0 aromatic rings. The van der Waals surface area contributed by atoms with Crippen LogP contribution < -0.4 is 5.32 Å². The molecule has 2 nitrogen and oxygen atoms in total. The number of rotatable bonds is 1. The van der Waals surface area contributed by atoms with E-state index in [4.69, 9.17) is 0 Å². The summed E-state index contributed by atoms with van der Waals surface area (Å²) in [5.74, 6) is 0.192. The molecule has 0 aliphatic heterocycles. The van der Waals surface area contributed by atoms with Crippen molar-refractivity contribution in [1.82, 2.24) is 5.32 Å². The Labute approximate surface area is 80.7 Å². The molecule has 9 heavy (non-hydrogen) atoms. The third-order valence-electron chi connectivity index (χ3n) is 1.78. The van der Waals surface area contributed by atoms with E-state index in [2.05, 4.69) is 5.32 Å². The van der Waals surface area contributed by atoms with Gasteiger partial charge in [-0.3, -0.25) is 4.79 Å². The first kappa shape index (κ1) is 9.57. The topological polar surface area (TPSA) is 29.1 Å². The summed E-state index contributed by atoms with van der Waals surface area (Å²) < 4.78 is 0. The molecule has 49 valence electrons. The third kappa shape index (κ3) is 2.01. The summed E-state index contributed by atoms with van der Waals surface area (Å²) in [6, 6.07) is 0. The van der Waals surface area contributed by atoms with Crippen LogP contribution in [0.2, 0.25) is 0 Å². The fourth-order valence-corrected chi connectivity index (χ4v) is 0.716. The van der Waals surface area contributed by atoms with Crippen LogP contribution in [0.15, 0.2) is 0 Å². The summed E-state index contributed by atoms with van der Waals surface area (Å²) in [4.78, 5) is 10.8. The van der Waals surface area contributed by atoms with Crippen LogP contribution in [-0.2, 0) is 37.5 Å². The predicted molar refractivity (Wildman–Crippen MR) is 31.4 cm³/mol. The van der Waals surface area contributed by atoms with Gasteiger partial charge in [-0.05, 0) is 12.8 Å². The largest absolute Gasteiger partial charge is 0.359 e. The Hall–Kier alpha value is 0.574. The van der Waals surface area contributed by atoms with E-state index in [0.29, 0.717) is 0 Å². The minimum absolute atomic E-state index is 0. The van der Waals surface area contributed by atoms with Gasteiger partial charge in [-0.15, -0.1) is 0 Å². The molecule has 0 bridgehead atoms. The van der Waals surface area contributed by atoms with Gasteiger partial charge in [-0.2, -0.15) is 0 Å². The molecule has 0 unspecified atom stereocenters. The second kappa shape index (κ2) is 3.11. The van der Waals surface area contributed by atoms with Crippen LogP contribution in [0.1, 0.15) is 19.8 Å². The maximum Gasteiger partial charge on any atom is 0.225 e. The Morgan fingerprint density at radius 3 is 2.11 bits per heavy atom. The first-order valence-electron chi connectivity index (χ1n) is 2.91. The summed E-state index contributed by atoms with van der Waals surface area (Å²) in [5.41, 5.74) is 0.00868. The molecule has 0 heterocycles. The quantitative estimate of drug-likeness (QED) is 0.660. The fraction of sp³-hybridized carbons (Fsp3) is 0.833. The molecule has 0 aromatic heterocycles. The van der Waals surface area contributed by atoms with Gasteiger partial charge < -0.3 is 5.32 Å². The molecule has 1 aliphatic carbocycles. The van der Waals surface area contributed by atoms with Crippen molar-refractivity contribution in [1.29, 1.82) is 0 Å². The van der Waals surface area contributed by atoms with Crippen molar-refractivity contribution >= 4 is 5.91 Å². The van der Waals surface area contributed by atoms with Crippen molar-refractivity contribution < 1.29 is 37.5 Å². The van der Waals surface area contributed by atoms with E-state index >= 15 is 0 Å². The molecule has 1 fully saturated rings. The Balaban J connectivity index is 0.000000640. The average Bonchev–Trinajstić information content (AvgIpc) is 2.47. The van der Waals surface area contributed by atoms with E-state index in [1.807, 2.05) is 6.92 Å². The number of carbonyl (C=O) groups excluding carboxylic acids is 1. The number of amides is 1. The molecule has 1 N–H and O–H groups in total. The Kier molecular flexibility index (Phi) is 3.31. The van der Waals surface area contributed by atoms with E-state index in [0.717, 1.165) is 12.8 Å². The summed E-state index contributed by atoms with van der Waals surface area (Å²) in [6.07, 6.45) is 2.12. The van der Waals surface area contributed by atoms with E-state index in [1.165, 1.54) is 0 Å². The minimum Gasteiger partial charge on any atom is -0.359 e. The molecule has 0 atom stereocenters. The molecule has 1 saturated carbocycles. The van der Waals surface area contributed by atoms with Gasteiger partial charge in [-0.1, -0.05) is 6.92 Å². The smallest absolute Gasteiger partial charge is 0.225 e. The summed E-state index contributed by atoms with van der Waals surface area (Å²) in [6.45, 7) is 1.99. The molecule has 1 rings (SSSR count). The van der Waals surface area contributed by atoms with Crippen molar-refractivity contribution in [2.75, 3.05) is 7.05 Å². The van der Waals surface area contributed by atoms with Crippen LogP contribution in [0.4, 0.5) is 0 Å². The second-order valence-electron chi connectivity index (χ2n) is 2.64. The second-order valence-corrected chi connectivity index (χ2v) is 2.64. The first-order chi connectivity index (χ1) is 3.69. The molecule has 3 heteroatoms. The van der Waals surface area contributed by atoms with E-state index in [1.54, 1.807) is 7.05 Å². The van der Waals surface area contributed by atoms with E-state index in [-0.39, 0.29) is 44.0 Å². The number of hydrogen-bond acceptors (Lipinski definition) is 1. The number of hydrogen-bond donors (Lipinski definition) is 1. The molecule has 0 aromatic carbocycles. The third-order valence-corrected chi connectivity index (χ3v) is 1.78. The standard InChI is InChI=1S/C6H11NO.Y/c1-6(3-4-6)5(8)7-2;/h3-4H2,1-2H3,(H,7,8);. The van der Waals surface area contributed by atoms with Gasteiger partial charge in [0.25, 0.3) is 0 Å². The maximum atomic E-state index is 10.8. The van der Waals surface area contributed by atoms with Gasteiger partial charge >= 0.3 is 0 Å². The summed E-state index contributed by atoms with van der Waals surface area (Å²) in [7, 11) is 1.69. The predicted octanol–water partition coefficient (Wildman–Crippen LogP) is 0.530. The molecular weight excluding hydrogens is 191 g/mol. The molecule has 0 spiro atoms. The maximum absolute atomic E-state index is 10.8. The van der Waals surface area contributed by atoms with Crippen molar-refractivity contribution in [3.05, 3.63) is 0 Å². The van der Waals surface area contributed by atoms with Gasteiger partial charge in [0.05, 0.1) is 0 Å². The zero-order valence-corrected chi connectivity index (χ0v) is 8.74. The molecule has 0 saturated heterocycles. The van der Waals surface area contributed by atoms with Crippen molar-refractivity contribution in [3.63, 3.8) is 0 Å². The average molecular weight is 202 g/mol. The summed E-state index contributed by atoms with van der Waals surface area (Å²) >= 11 is 0. The van der Waals surface area contributed by atoms with E-state index < -0.39 is 0 Å². The fourth-order valence-electron chi connectivity index (χ4n) is 0.716. The van der Waals surface area contributed by atoms with Gasteiger partial charge in [-0.25, -0.2) is 0 Å². The zero-order chi connectivity index (χ0) is 6.20. The molecule has 1 aliphatic rings. The van der Waals surface area contributed by atoms with Gasteiger partial charge in [0.2, 0.25) is 5.91 Å². The SMILES string of the molecule is CNC(=O)C1(C)CC1.[Y]. The van der Waals surface area contributed by atoms with Gasteiger partial charge in [0.1, 0.15) is 0 Å². The summed E-state index contributed by atoms with van der Waals surface area (Å²) in [5, 5.41) is 2.63. The van der Waals surface area contributed by atoms with Crippen LogP contribution in [0, 0.1) is 5.41 Å². The van der Waals surface area contributed by atoms with Crippen molar-refractivity contribution in [2.24, 2.45) is 5.41 Å². The molecule has 1 amide bonds. The monoisotopic (exact) mass is 202 g/mol. The molecule has 1 radical (unpaired) electrons. The van der Waals surface area contributed by atoms with Crippen molar-refractivity contribution in [2.45, 2.75) is 19.8 Å². The van der Waals surface area contributed by atoms with Crippen LogP contribution in [0.25, 0.3) is 0 Å². The zero-order valence-electron chi connectivity index (χ0n) is 5.90.